The zero-order chi connectivity index (χ0) is 35.2. The van der Waals surface area contributed by atoms with E-state index in [1.54, 1.807) is 66.7 Å². The second-order valence-corrected chi connectivity index (χ2v) is 12.5. The van der Waals surface area contributed by atoms with Crippen LogP contribution in [-0.4, -0.2) is 77.7 Å². The first-order chi connectivity index (χ1) is 24.2. The number of hydrogen-bond donors (Lipinski definition) is 2. The normalized spacial score (nSPS) is 14.3. The molecule has 258 valence electrons. The van der Waals surface area contributed by atoms with Crippen molar-refractivity contribution in [3.8, 4) is 17.2 Å². The zero-order valence-electron chi connectivity index (χ0n) is 26.7. The van der Waals surface area contributed by atoms with E-state index in [0.717, 1.165) is 10.5 Å². The number of carbonyl (C=O) groups excluding carboxylic acids is 4. The molecule has 0 radical (unpaired) electrons. The van der Waals surface area contributed by atoms with Crippen molar-refractivity contribution in [1.29, 1.82) is 0 Å². The second-order valence-electron chi connectivity index (χ2n) is 11.7. The van der Waals surface area contributed by atoms with Crippen molar-refractivity contribution in [3.63, 3.8) is 0 Å². The van der Waals surface area contributed by atoms with Gasteiger partial charge in [-0.05, 0) is 53.9 Å². The van der Waals surface area contributed by atoms with Gasteiger partial charge in [0.2, 0.25) is 12.7 Å². The third-order valence-corrected chi connectivity index (χ3v) is 9.15. The van der Waals surface area contributed by atoms with Crippen molar-refractivity contribution in [2.45, 2.75) is 25.0 Å². The monoisotopic (exact) mass is 717 g/mol. The summed E-state index contributed by atoms with van der Waals surface area (Å²) in [5, 5.41) is 15.1. The third kappa shape index (κ3) is 8.02. The van der Waals surface area contributed by atoms with Crippen molar-refractivity contribution in [2.24, 2.45) is 0 Å². The molecule has 0 aromatic heterocycles. The molecular formula is C37H33Cl2N3O8. The van der Waals surface area contributed by atoms with E-state index in [2.05, 4.69) is 5.32 Å². The first-order valence-electron chi connectivity index (χ1n) is 15.9. The molecule has 2 aliphatic heterocycles. The van der Waals surface area contributed by atoms with Crippen molar-refractivity contribution >= 4 is 46.8 Å². The Labute approximate surface area is 298 Å². The highest BCUT2D eigenvalue weighted by atomic mass is 35.5. The van der Waals surface area contributed by atoms with Crippen LogP contribution in [0.3, 0.4) is 0 Å². The molecule has 0 fully saturated rings. The molecule has 0 unspecified atom stereocenters. The standard InChI is InChI=1S/C37H33Cl2N3O8/c38-28-12-11-25(19-29(28)39)48-21-33(44)40-35(24-6-2-1-3-7-24)30(43)20-41(16-14-23-10-13-31-32(18-23)50-22-49-31)34(45)15-17-42-36(46)26-8-4-5-9-27(26)37(42)47/h1-13,18-19,30,35,43H,14-17,20-22H2,(H,40,44)/t30-,35+/m1/s1. The number of aliphatic hydroxyl groups excluding tert-OH is 1. The highest BCUT2D eigenvalue weighted by Crippen LogP contribution is 2.33. The number of fused-ring (bicyclic) bond motifs is 2. The van der Waals surface area contributed by atoms with Gasteiger partial charge in [0, 0.05) is 32.1 Å². The molecule has 4 aromatic carbocycles. The van der Waals surface area contributed by atoms with Gasteiger partial charge >= 0.3 is 0 Å². The lowest BCUT2D eigenvalue weighted by atomic mass is 10.00. The average molecular weight is 719 g/mol. The Balaban J connectivity index is 1.17. The number of nitrogens with one attached hydrogen (secondary N) is 1. The molecule has 0 aliphatic carbocycles. The minimum Gasteiger partial charge on any atom is -0.484 e. The van der Waals surface area contributed by atoms with Gasteiger partial charge in [-0.2, -0.15) is 0 Å². The van der Waals surface area contributed by atoms with Crippen molar-refractivity contribution < 1.29 is 38.5 Å². The number of carbonyl (C=O) groups is 4. The molecule has 0 spiro atoms. The largest absolute Gasteiger partial charge is 0.484 e. The zero-order valence-corrected chi connectivity index (χ0v) is 28.2. The van der Waals surface area contributed by atoms with Gasteiger partial charge in [0.05, 0.1) is 33.3 Å². The molecule has 0 bridgehead atoms. The molecule has 4 aromatic rings. The number of aliphatic hydroxyl groups is 1. The number of benzene rings is 4. The molecule has 0 saturated carbocycles. The Hall–Kier alpha value is -5.10. The lowest BCUT2D eigenvalue weighted by Crippen LogP contribution is -2.46. The highest BCUT2D eigenvalue weighted by Gasteiger charge is 2.36. The van der Waals surface area contributed by atoms with Gasteiger partial charge < -0.3 is 29.5 Å². The van der Waals surface area contributed by atoms with E-state index in [4.69, 9.17) is 37.4 Å². The number of amides is 4. The summed E-state index contributed by atoms with van der Waals surface area (Å²) in [6.45, 7) is -0.362. The molecule has 2 aliphatic rings. The molecule has 0 saturated heterocycles. The number of ether oxygens (including phenoxy) is 3. The van der Waals surface area contributed by atoms with Crippen LogP contribution >= 0.6 is 23.2 Å². The summed E-state index contributed by atoms with van der Waals surface area (Å²) in [7, 11) is 0. The Kier molecular flexibility index (Phi) is 10.9. The fourth-order valence-corrected chi connectivity index (χ4v) is 6.10. The maximum absolute atomic E-state index is 13.8. The maximum Gasteiger partial charge on any atom is 0.261 e. The molecule has 13 heteroatoms. The van der Waals surface area contributed by atoms with E-state index in [0.29, 0.717) is 45.4 Å². The molecule has 6 rings (SSSR count). The van der Waals surface area contributed by atoms with Gasteiger partial charge in [-0.3, -0.25) is 24.1 Å². The first-order valence-corrected chi connectivity index (χ1v) is 16.7. The van der Waals surface area contributed by atoms with Crippen LogP contribution < -0.4 is 19.5 Å². The van der Waals surface area contributed by atoms with Crippen LogP contribution in [0.25, 0.3) is 0 Å². The summed E-state index contributed by atoms with van der Waals surface area (Å²) in [6.07, 6.45) is -1.02. The second kappa shape index (κ2) is 15.6. The minimum atomic E-state index is -1.26. The fraction of sp³-hybridized carbons (Fsp3) is 0.243. The van der Waals surface area contributed by atoms with Crippen LogP contribution in [-0.2, 0) is 16.0 Å². The van der Waals surface area contributed by atoms with Gasteiger partial charge in [-0.25, -0.2) is 0 Å². The Morgan fingerprint density at radius 1 is 0.880 bits per heavy atom. The summed E-state index contributed by atoms with van der Waals surface area (Å²) < 4.78 is 16.5. The van der Waals surface area contributed by atoms with Crippen LogP contribution in [0.1, 0.15) is 44.3 Å². The average Bonchev–Trinajstić information content (AvgIpc) is 3.70. The van der Waals surface area contributed by atoms with E-state index in [9.17, 15) is 24.3 Å². The SMILES string of the molecule is O=C(COc1ccc(Cl)c(Cl)c1)N[C@@H](c1ccccc1)[C@H](O)CN(CCc1ccc2c(c1)OCO2)C(=O)CCN1C(=O)c2ccccc2C1=O. The summed E-state index contributed by atoms with van der Waals surface area (Å²) in [5.74, 6) is -0.260. The van der Waals surface area contributed by atoms with Gasteiger partial charge in [-0.1, -0.05) is 71.7 Å². The maximum atomic E-state index is 13.8. The summed E-state index contributed by atoms with van der Waals surface area (Å²) in [5.41, 5.74) is 2.07. The molecule has 50 heavy (non-hydrogen) atoms. The van der Waals surface area contributed by atoms with Gasteiger partial charge in [0.25, 0.3) is 17.7 Å². The van der Waals surface area contributed by atoms with Crippen LogP contribution in [0.4, 0.5) is 0 Å². The first kappa shape index (κ1) is 34.8. The van der Waals surface area contributed by atoms with Gasteiger partial charge in [-0.15, -0.1) is 0 Å². The lowest BCUT2D eigenvalue weighted by Gasteiger charge is -2.31. The molecule has 2 N–H and O–H groups in total. The summed E-state index contributed by atoms with van der Waals surface area (Å²) in [6, 6.07) is 24.6. The van der Waals surface area contributed by atoms with E-state index in [1.807, 2.05) is 18.2 Å². The molecule has 11 nitrogen and oxygen atoms in total. The van der Waals surface area contributed by atoms with Gasteiger partial charge in [0.15, 0.2) is 18.1 Å². The molecule has 4 amide bonds. The molecule has 2 heterocycles. The van der Waals surface area contributed by atoms with Crippen LogP contribution in [0.15, 0.2) is 91.0 Å². The smallest absolute Gasteiger partial charge is 0.261 e. The topological polar surface area (TPSA) is 135 Å². The predicted octanol–water partition coefficient (Wildman–Crippen LogP) is 5.08. The minimum absolute atomic E-state index is 0.123. The number of halogens is 2. The van der Waals surface area contributed by atoms with E-state index in [-0.39, 0.29) is 50.4 Å². The summed E-state index contributed by atoms with van der Waals surface area (Å²) in [4.78, 5) is 55.4. The van der Waals surface area contributed by atoms with E-state index < -0.39 is 29.9 Å². The molecule has 2 atom stereocenters. The fourth-order valence-electron chi connectivity index (χ4n) is 5.81. The van der Waals surface area contributed by atoms with Gasteiger partial charge in [0.1, 0.15) is 5.75 Å². The highest BCUT2D eigenvalue weighted by molar-refractivity contribution is 6.42. The van der Waals surface area contributed by atoms with Crippen molar-refractivity contribution in [2.75, 3.05) is 33.0 Å². The van der Waals surface area contributed by atoms with Crippen molar-refractivity contribution in [1.82, 2.24) is 15.1 Å². The lowest BCUT2D eigenvalue weighted by molar-refractivity contribution is -0.133. The molecular weight excluding hydrogens is 685 g/mol. The van der Waals surface area contributed by atoms with Crippen LogP contribution in [0, 0.1) is 0 Å². The Morgan fingerprint density at radius 2 is 1.58 bits per heavy atom. The summed E-state index contributed by atoms with van der Waals surface area (Å²) >= 11 is 12.0. The predicted molar refractivity (Wildman–Crippen MR) is 185 cm³/mol. The van der Waals surface area contributed by atoms with E-state index in [1.165, 1.54) is 11.0 Å². The van der Waals surface area contributed by atoms with Crippen LogP contribution in [0.5, 0.6) is 17.2 Å². The van der Waals surface area contributed by atoms with Crippen molar-refractivity contribution in [3.05, 3.63) is 123 Å². The number of rotatable bonds is 14. The number of nitrogens with zero attached hydrogens (tertiary/aromatic N) is 2. The Bertz CT molecular complexity index is 1870. The number of imide groups is 1. The third-order valence-electron chi connectivity index (χ3n) is 8.42. The number of hydrogen-bond acceptors (Lipinski definition) is 8. The van der Waals surface area contributed by atoms with E-state index >= 15 is 0 Å². The van der Waals surface area contributed by atoms with Crippen LogP contribution in [0.2, 0.25) is 10.0 Å². The Morgan fingerprint density at radius 3 is 2.30 bits per heavy atom. The quantitative estimate of drug-likeness (QED) is 0.173.